The van der Waals surface area contributed by atoms with Gasteiger partial charge < -0.3 is 41.7 Å². The maximum Gasteiger partial charge on any atom is 0.290 e. The third kappa shape index (κ3) is 12.2. The second kappa shape index (κ2) is 18.5. The van der Waals surface area contributed by atoms with Crippen LogP contribution in [0.5, 0.6) is 0 Å². The molecule has 0 saturated carbocycles. The maximum absolute atomic E-state index is 13.8. The highest BCUT2D eigenvalue weighted by Gasteiger charge is 2.43. The lowest BCUT2D eigenvalue weighted by molar-refractivity contribution is -0.142. The SMILES string of the molecule is CCC[C@H](NC(=O)[C@@H]1CNC[C@@H]1N(C)C(=O)[C@@H](NC(=O)CNC(=O)c1cnccn1)C(C)(C)C)C(=O)C(=O)NCC(=O)NCC(=O)N(C)C. The Morgan fingerprint density at radius 2 is 1.57 bits per heavy atom. The van der Waals surface area contributed by atoms with Gasteiger partial charge in [0.05, 0.1) is 43.8 Å². The molecule has 270 valence electrons. The minimum atomic E-state index is -1.18. The van der Waals surface area contributed by atoms with Gasteiger partial charge >= 0.3 is 0 Å². The number of amides is 7. The van der Waals surface area contributed by atoms with Gasteiger partial charge in [-0.3, -0.25) is 43.3 Å². The number of nitrogens with one attached hydrogen (secondary N) is 6. The van der Waals surface area contributed by atoms with Crippen molar-refractivity contribution in [2.45, 2.75) is 58.7 Å². The van der Waals surface area contributed by atoms with Crippen LogP contribution < -0.4 is 31.9 Å². The number of ketones is 1. The summed E-state index contributed by atoms with van der Waals surface area (Å²) in [5, 5.41) is 15.4. The molecule has 1 aromatic heterocycles. The summed E-state index contributed by atoms with van der Waals surface area (Å²) >= 11 is 0. The summed E-state index contributed by atoms with van der Waals surface area (Å²) in [6.45, 7) is 6.25. The van der Waals surface area contributed by atoms with Gasteiger partial charge in [0.15, 0.2) is 0 Å². The molecule has 1 aliphatic rings. The van der Waals surface area contributed by atoms with E-state index in [0.717, 1.165) is 0 Å². The summed E-state index contributed by atoms with van der Waals surface area (Å²) in [5.74, 6) is -6.09. The van der Waals surface area contributed by atoms with E-state index in [2.05, 4.69) is 41.9 Å². The van der Waals surface area contributed by atoms with Gasteiger partial charge in [-0.15, -0.1) is 0 Å². The van der Waals surface area contributed by atoms with Gasteiger partial charge in [0.2, 0.25) is 35.3 Å². The van der Waals surface area contributed by atoms with E-state index in [4.69, 9.17) is 0 Å². The van der Waals surface area contributed by atoms with Crippen LogP contribution in [-0.4, -0.2) is 139 Å². The van der Waals surface area contributed by atoms with Crippen molar-refractivity contribution in [2.24, 2.45) is 11.3 Å². The van der Waals surface area contributed by atoms with Gasteiger partial charge in [-0.1, -0.05) is 34.1 Å². The minimum Gasteiger partial charge on any atom is -0.347 e. The molecule has 1 aromatic rings. The Bertz CT molecular complexity index is 1380. The zero-order valence-corrected chi connectivity index (χ0v) is 29.0. The van der Waals surface area contributed by atoms with Gasteiger partial charge in [0.1, 0.15) is 11.7 Å². The fraction of sp³-hybridized carbons (Fsp3) is 0.613. The number of hydrogen-bond donors (Lipinski definition) is 6. The molecule has 0 aromatic carbocycles. The van der Waals surface area contributed by atoms with Crippen molar-refractivity contribution in [1.82, 2.24) is 51.7 Å². The molecule has 0 spiro atoms. The normalized spacial score (nSPS) is 16.7. The van der Waals surface area contributed by atoms with Gasteiger partial charge in [0, 0.05) is 46.6 Å². The highest BCUT2D eigenvalue weighted by Crippen LogP contribution is 2.24. The van der Waals surface area contributed by atoms with Crippen LogP contribution in [0.15, 0.2) is 18.6 Å². The summed E-state index contributed by atoms with van der Waals surface area (Å²) in [6.07, 6.45) is 4.59. The average Bonchev–Trinajstić information content (AvgIpc) is 3.56. The quantitative estimate of drug-likeness (QED) is 0.0954. The number of hydrogen-bond acceptors (Lipinski definition) is 11. The summed E-state index contributed by atoms with van der Waals surface area (Å²) in [7, 11) is 4.56. The lowest BCUT2D eigenvalue weighted by Gasteiger charge is -2.37. The molecule has 0 radical (unpaired) electrons. The molecule has 0 bridgehead atoms. The van der Waals surface area contributed by atoms with Gasteiger partial charge in [-0.2, -0.15) is 0 Å². The van der Waals surface area contributed by atoms with Crippen molar-refractivity contribution in [3.8, 4) is 0 Å². The van der Waals surface area contributed by atoms with Crippen molar-refractivity contribution in [2.75, 3.05) is 53.9 Å². The van der Waals surface area contributed by atoms with E-state index < -0.39 is 83.8 Å². The second-order valence-electron chi connectivity index (χ2n) is 12.9. The van der Waals surface area contributed by atoms with Crippen LogP contribution in [0.3, 0.4) is 0 Å². The van der Waals surface area contributed by atoms with E-state index in [0.29, 0.717) is 6.42 Å². The lowest BCUT2D eigenvalue weighted by Crippen LogP contribution is -2.59. The van der Waals surface area contributed by atoms with Crippen molar-refractivity contribution >= 4 is 47.1 Å². The van der Waals surface area contributed by atoms with Crippen molar-refractivity contribution < 1.29 is 38.4 Å². The first-order chi connectivity index (χ1) is 23.0. The number of carbonyl (C=O) groups excluding carboxylic acids is 8. The Morgan fingerprint density at radius 3 is 2.16 bits per heavy atom. The smallest absolute Gasteiger partial charge is 0.290 e. The maximum atomic E-state index is 13.8. The van der Waals surface area contributed by atoms with E-state index >= 15 is 0 Å². The first-order valence-corrected chi connectivity index (χ1v) is 15.9. The molecule has 18 heteroatoms. The Kier molecular flexibility index (Phi) is 15.2. The van der Waals surface area contributed by atoms with E-state index in [1.807, 2.05) is 0 Å². The highest BCUT2D eigenvalue weighted by atomic mass is 16.2. The lowest BCUT2D eigenvalue weighted by atomic mass is 9.85. The Hall–Kier alpha value is -5.00. The van der Waals surface area contributed by atoms with Crippen LogP contribution in [0.1, 0.15) is 51.0 Å². The van der Waals surface area contributed by atoms with Crippen LogP contribution in [0.4, 0.5) is 0 Å². The molecule has 1 aliphatic heterocycles. The van der Waals surface area contributed by atoms with Gasteiger partial charge in [-0.05, 0) is 11.8 Å². The van der Waals surface area contributed by atoms with Crippen LogP contribution in [-0.2, 0) is 33.6 Å². The predicted molar refractivity (Wildman–Crippen MR) is 175 cm³/mol. The largest absolute Gasteiger partial charge is 0.347 e. The molecule has 2 heterocycles. The van der Waals surface area contributed by atoms with Crippen LogP contribution in [0.2, 0.25) is 0 Å². The van der Waals surface area contributed by atoms with E-state index in [9.17, 15) is 38.4 Å². The molecule has 49 heavy (non-hydrogen) atoms. The second-order valence-corrected chi connectivity index (χ2v) is 12.9. The topological polar surface area (TPSA) is 241 Å². The van der Waals surface area contributed by atoms with Crippen LogP contribution in [0, 0.1) is 11.3 Å². The zero-order chi connectivity index (χ0) is 36.9. The molecular formula is C31H48N10O8. The zero-order valence-electron chi connectivity index (χ0n) is 29.0. The highest BCUT2D eigenvalue weighted by molar-refractivity contribution is 6.38. The molecule has 0 unspecified atom stereocenters. The molecule has 2 rings (SSSR count). The number of Topliss-reactive ketones (excluding diaryl/α,β-unsaturated/α-hetero) is 1. The van der Waals surface area contributed by atoms with Crippen molar-refractivity contribution in [3.05, 3.63) is 24.3 Å². The minimum absolute atomic E-state index is 0.0253. The number of aromatic nitrogens is 2. The molecule has 6 N–H and O–H groups in total. The monoisotopic (exact) mass is 688 g/mol. The van der Waals surface area contributed by atoms with Gasteiger partial charge in [-0.25, -0.2) is 4.98 Å². The summed E-state index contributed by atoms with van der Waals surface area (Å²) < 4.78 is 0. The Balaban J connectivity index is 2.04. The summed E-state index contributed by atoms with van der Waals surface area (Å²) in [6, 6.07) is -2.87. The fourth-order valence-electron chi connectivity index (χ4n) is 4.87. The van der Waals surface area contributed by atoms with E-state index in [-0.39, 0.29) is 37.7 Å². The van der Waals surface area contributed by atoms with Crippen LogP contribution in [0.25, 0.3) is 0 Å². The van der Waals surface area contributed by atoms with Crippen LogP contribution >= 0.6 is 0 Å². The standard InChI is InChI=1S/C31H48N10O8/c1-8-9-19(25(45)29(48)37-15-22(42)35-17-24(44)40(5)6)38-27(46)18-12-33-14-21(18)41(7)30(49)26(31(2,3)4)39-23(43)16-36-28(47)20-13-32-10-11-34-20/h10-11,13,18-19,21,26,33H,8-9,12,14-17H2,1-7H3,(H,35,42)(H,36,47)(H,37,48)(H,38,46)(H,39,43)/t18-,19+,21+,26-/m1/s1. The van der Waals surface area contributed by atoms with E-state index in [1.165, 1.54) is 49.5 Å². The number of rotatable bonds is 16. The molecular weight excluding hydrogens is 640 g/mol. The van der Waals surface area contributed by atoms with Gasteiger partial charge in [0.25, 0.3) is 11.8 Å². The fourth-order valence-corrected chi connectivity index (χ4v) is 4.87. The molecule has 1 fully saturated rings. The van der Waals surface area contributed by atoms with E-state index in [1.54, 1.807) is 27.7 Å². The Morgan fingerprint density at radius 1 is 0.898 bits per heavy atom. The number of carbonyl (C=O) groups is 8. The molecule has 4 atom stereocenters. The molecule has 1 saturated heterocycles. The first-order valence-electron chi connectivity index (χ1n) is 15.9. The average molecular weight is 689 g/mol. The summed E-state index contributed by atoms with van der Waals surface area (Å²) in [4.78, 5) is 112. The number of likely N-dealkylation sites (N-methyl/N-ethyl adjacent to an activating group) is 2. The first kappa shape index (κ1) is 40.2. The van der Waals surface area contributed by atoms with Crippen molar-refractivity contribution in [1.29, 1.82) is 0 Å². The third-order valence-electron chi connectivity index (χ3n) is 7.77. The molecule has 7 amide bonds. The Labute approximate surface area is 285 Å². The molecule has 0 aliphatic carbocycles. The molecule has 18 nitrogen and oxygen atoms in total. The third-order valence-corrected chi connectivity index (χ3v) is 7.77. The summed E-state index contributed by atoms with van der Waals surface area (Å²) in [5.41, 5.74) is -0.734. The van der Waals surface area contributed by atoms with Crippen molar-refractivity contribution in [3.63, 3.8) is 0 Å². The predicted octanol–water partition coefficient (Wildman–Crippen LogP) is -3.04. The number of nitrogens with zero attached hydrogens (tertiary/aromatic N) is 4.